The zero-order valence-electron chi connectivity index (χ0n) is 7.87. The Labute approximate surface area is 94.6 Å². The quantitative estimate of drug-likeness (QED) is 0.783. The Bertz CT molecular complexity index is 543. The van der Waals surface area contributed by atoms with Gasteiger partial charge in [-0.25, -0.2) is 4.98 Å². The fraction of sp³-hybridized carbons (Fsp3) is 0.273. The Kier molecular flexibility index (Phi) is 1.92. The second-order valence-electron chi connectivity index (χ2n) is 3.80. The molecule has 0 radical (unpaired) electrons. The molecule has 1 aromatic heterocycles. The molecule has 4 heteroatoms. The van der Waals surface area contributed by atoms with Gasteiger partial charge in [-0.3, -0.25) is 4.79 Å². The molecule has 1 aromatic carbocycles. The van der Waals surface area contributed by atoms with Crippen LogP contribution in [0.5, 0.6) is 0 Å². The number of aromatic nitrogens is 1. The number of benzene rings is 1. The van der Waals surface area contributed by atoms with Crippen LogP contribution in [0.3, 0.4) is 0 Å². The summed E-state index contributed by atoms with van der Waals surface area (Å²) in [7, 11) is 0. The maximum Gasteiger partial charge on any atom is 0.198 e. The number of aldehydes is 1. The van der Waals surface area contributed by atoms with Crippen molar-refractivity contribution in [1.82, 2.24) is 4.98 Å². The first-order valence-electron chi connectivity index (χ1n) is 4.83. The molecule has 0 N–H and O–H groups in total. The van der Waals surface area contributed by atoms with Crippen molar-refractivity contribution in [3.05, 3.63) is 28.1 Å². The summed E-state index contributed by atoms with van der Waals surface area (Å²) in [5.41, 5.74) is 2.11. The topological polar surface area (TPSA) is 43.1 Å². The Hall–Kier alpha value is -1.16. The van der Waals surface area contributed by atoms with Gasteiger partial charge in [-0.15, -0.1) is 0 Å². The largest absolute Gasteiger partial charge is 0.439 e. The Morgan fingerprint density at radius 1 is 1.47 bits per heavy atom. The molecule has 0 bridgehead atoms. The van der Waals surface area contributed by atoms with Gasteiger partial charge in [0.05, 0.1) is 4.47 Å². The van der Waals surface area contributed by atoms with Gasteiger partial charge in [0.25, 0.3) is 0 Å². The number of carbonyl (C=O) groups is 1. The number of rotatable bonds is 2. The van der Waals surface area contributed by atoms with E-state index in [2.05, 4.69) is 20.9 Å². The van der Waals surface area contributed by atoms with E-state index in [1.165, 1.54) is 0 Å². The normalized spacial score (nSPS) is 15.8. The van der Waals surface area contributed by atoms with Crippen molar-refractivity contribution >= 4 is 33.3 Å². The lowest BCUT2D eigenvalue weighted by atomic mass is 10.2. The highest BCUT2D eigenvalue weighted by Crippen LogP contribution is 2.41. The van der Waals surface area contributed by atoms with E-state index < -0.39 is 0 Å². The van der Waals surface area contributed by atoms with Crippen molar-refractivity contribution in [3.8, 4) is 0 Å². The molecule has 76 valence electrons. The van der Waals surface area contributed by atoms with Crippen LogP contribution in [0.25, 0.3) is 11.1 Å². The average molecular weight is 266 g/mol. The third-order valence-corrected chi connectivity index (χ3v) is 3.14. The van der Waals surface area contributed by atoms with Gasteiger partial charge in [-0.05, 0) is 40.9 Å². The predicted molar refractivity (Wildman–Crippen MR) is 59.1 cm³/mol. The minimum atomic E-state index is 0.490. The molecule has 3 rings (SSSR count). The SMILES string of the molecule is O=Cc1cc(Br)c2oc(C3CC3)nc2c1. The lowest BCUT2D eigenvalue weighted by Crippen LogP contribution is -1.80. The first kappa shape index (κ1) is 9.09. The zero-order valence-corrected chi connectivity index (χ0v) is 9.45. The Morgan fingerprint density at radius 3 is 2.93 bits per heavy atom. The molecule has 3 nitrogen and oxygen atoms in total. The van der Waals surface area contributed by atoms with E-state index in [0.29, 0.717) is 11.5 Å². The number of nitrogens with zero attached hydrogens (tertiary/aromatic N) is 1. The summed E-state index contributed by atoms with van der Waals surface area (Å²) in [4.78, 5) is 15.1. The molecule has 1 saturated carbocycles. The van der Waals surface area contributed by atoms with Crippen LogP contribution in [0.15, 0.2) is 21.0 Å². The van der Waals surface area contributed by atoms with Gasteiger partial charge in [0.2, 0.25) is 0 Å². The van der Waals surface area contributed by atoms with Crippen molar-refractivity contribution in [2.75, 3.05) is 0 Å². The minimum Gasteiger partial charge on any atom is -0.439 e. The summed E-state index contributed by atoms with van der Waals surface area (Å²) in [6.07, 6.45) is 3.13. The fourth-order valence-corrected chi connectivity index (χ4v) is 2.15. The number of hydrogen-bond donors (Lipinski definition) is 0. The molecule has 1 fully saturated rings. The van der Waals surface area contributed by atoms with Gasteiger partial charge in [-0.1, -0.05) is 0 Å². The highest BCUT2D eigenvalue weighted by atomic mass is 79.9. The smallest absolute Gasteiger partial charge is 0.198 e. The third-order valence-electron chi connectivity index (χ3n) is 2.55. The van der Waals surface area contributed by atoms with Gasteiger partial charge in [-0.2, -0.15) is 0 Å². The molecular formula is C11H8BrNO2. The molecule has 15 heavy (non-hydrogen) atoms. The zero-order chi connectivity index (χ0) is 10.4. The van der Waals surface area contributed by atoms with Crippen molar-refractivity contribution in [3.63, 3.8) is 0 Å². The number of carbonyl (C=O) groups excluding carboxylic acids is 1. The average Bonchev–Trinajstić information content (AvgIpc) is 2.98. The second-order valence-corrected chi connectivity index (χ2v) is 4.65. The van der Waals surface area contributed by atoms with Crippen LogP contribution < -0.4 is 0 Å². The third kappa shape index (κ3) is 1.49. The molecule has 1 heterocycles. The lowest BCUT2D eigenvalue weighted by molar-refractivity contribution is 0.112. The van der Waals surface area contributed by atoms with Crippen LogP contribution in [-0.4, -0.2) is 11.3 Å². The summed E-state index contributed by atoms with van der Waals surface area (Å²) in [5.74, 6) is 1.29. The number of fused-ring (bicyclic) bond motifs is 1. The predicted octanol–water partition coefficient (Wildman–Crippen LogP) is 3.28. The second kappa shape index (κ2) is 3.17. The summed E-state index contributed by atoms with van der Waals surface area (Å²) in [6.45, 7) is 0. The molecule has 1 aliphatic carbocycles. The van der Waals surface area contributed by atoms with Crippen LogP contribution in [0.1, 0.15) is 35.0 Å². The van der Waals surface area contributed by atoms with E-state index in [-0.39, 0.29) is 0 Å². The molecule has 0 atom stereocenters. The van der Waals surface area contributed by atoms with Crippen LogP contribution in [0, 0.1) is 0 Å². The van der Waals surface area contributed by atoms with Gasteiger partial charge in [0.15, 0.2) is 11.5 Å². The Morgan fingerprint density at radius 2 is 2.27 bits per heavy atom. The highest BCUT2D eigenvalue weighted by molar-refractivity contribution is 9.10. The molecule has 0 aliphatic heterocycles. The molecule has 0 amide bonds. The van der Waals surface area contributed by atoms with Crippen molar-refractivity contribution in [2.45, 2.75) is 18.8 Å². The highest BCUT2D eigenvalue weighted by Gasteiger charge is 2.29. The summed E-state index contributed by atoms with van der Waals surface area (Å²) >= 11 is 3.38. The van der Waals surface area contributed by atoms with Crippen molar-refractivity contribution in [1.29, 1.82) is 0 Å². The summed E-state index contributed by atoms with van der Waals surface area (Å²) in [6, 6.07) is 3.50. The minimum absolute atomic E-state index is 0.490. The lowest BCUT2D eigenvalue weighted by Gasteiger charge is -1.92. The van der Waals surface area contributed by atoms with Gasteiger partial charge >= 0.3 is 0 Å². The molecule has 0 spiro atoms. The van der Waals surface area contributed by atoms with E-state index in [1.807, 2.05) is 0 Å². The van der Waals surface area contributed by atoms with Crippen LogP contribution in [0.2, 0.25) is 0 Å². The molecular weight excluding hydrogens is 258 g/mol. The van der Waals surface area contributed by atoms with E-state index >= 15 is 0 Å². The van der Waals surface area contributed by atoms with Crippen LogP contribution in [0.4, 0.5) is 0 Å². The maximum absolute atomic E-state index is 10.7. The van der Waals surface area contributed by atoms with E-state index in [9.17, 15) is 4.79 Å². The molecule has 1 aliphatic rings. The van der Waals surface area contributed by atoms with Crippen molar-refractivity contribution in [2.24, 2.45) is 0 Å². The fourth-order valence-electron chi connectivity index (χ4n) is 1.60. The van der Waals surface area contributed by atoms with E-state index in [0.717, 1.165) is 40.6 Å². The van der Waals surface area contributed by atoms with Gasteiger partial charge in [0, 0.05) is 11.5 Å². The monoisotopic (exact) mass is 265 g/mol. The summed E-state index contributed by atoms with van der Waals surface area (Å²) in [5, 5.41) is 0. The van der Waals surface area contributed by atoms with E-state index in [1.54, 1.807) is 12.1 Å². The molecule has 0 unspecified atom stereocenters. The van der Waals surface area contributed by atoms with Crippen LogP contribution >= 0.6 is 15.9 Å². The number of hydrogen-bond acceptors (Lipinski definition) is 3. The van der Waals surface area contributed by atoms with Gasteiger partial charge in [0.1, 0.15) is 11.8 Å². The molecule has 0 saturated heterocycles. The van der Waals surface area contributed by atoms with Gasteiger partial charge < -0.3 is 4.42 Å². The number of halogens is 1. The maximum atomic E-state index is 10.7. The molecule has 2 aromatic rings. The first-order valence-corrected chi connectivity index (χ1v) is 5.62. The van der Waals surface area contributed by atoms with E-state index in [4.69, 9.17) is 4.42 Å². The van der Waals surface area contributed by atoms with Crippen molar-refractivity contribution < 1.29 is 9.21 Å². The first-order chi connectivity index (χ1) is 7.28. The standard InChI is InChI=1S/C11H8BrNO2/c12-8-3-6(5-14)4-9-10(8)15-11(13-9)7-1-2-7/h3-5,7H,1-2H2. The van der Waals surface area contributed by atoms with Crippen LogP contribution in [-0.2, 0) is 0 Å². The Balaban J connectivity index is 2.23. The summed E-state index contributed by atoms with van der Waals surface area (Å²) < 4.78 is 6.44. The number of oxazole rings is 1.